The molecule has 1 amide bonds. The summed E-state index contributed by atoms with van der Waals surface area (Å²) in [5.41, 5.74) is 6.49. The highest BCUT2D eigenvalue weighted by Gasteiger charge is 2.24. The van der Waals surface area contributed by atoms with Gasteiger partial charge in [0.25, 0.3) is 5.91 Å². The van der Waals surface area contributed by atoms with Crippen LogP contribution >= 0.6 is 11.3 Å². The molecular formula is C9H12N2OS. The van der Waals surface area contributed by atoms with Gasteiger partial charge >= 0.3 is 0 Å². The summed E-state index contributed by atoms with van der Waals surface area (Å²) >= 11 is 1.46. The molecule has 0 aliphatic heterocycles. The average molecular weight is 196 g/mol. The molecule has 3 N–H and O–H groups in total. The molecule has 4 heteroatoms. The zero-order valence-corrected chi connectivity index (χ0v) is 8.06. The maximum atomic E-state index is 11.5. The van der Waals surface area contributed by atoms with E-state index in [1.54, 1.807) is 0 Å². The highest BCUT2D eigenvalue weighted by atomic mass is 32.1. The Labute approximate surface area is 80.9 Å². The predicted octanol–water partition coefficient (Wildman–Crippen LogP) is 1.10. The van der Waals surface area contributed by atoms with Gasteiger partial charge in [-0.15, -0.1) is 11.3 Å². The molecule has 13 heavy (non-hydrogen) atoms. The first-order valence-electron chi connectivity index (χ1n) is 4.38. The van der Waals surface area contributed by atoms with Crippen LogP contribution in [0.1, 0.15) is 28.1 Å². The van der Waals surface area contributed by atoms with E-state index in [0.29, 0.717) is 12.6 Å². The van der Waals surface area contributed by atoms with Gasteiger partial charge in [-0.05, 0) is 29.9 Å². The van der Waals surface area contributed by atoms with Gasteiger partial charge in [-0.25, -0.2) is 0 Å². The predicted molar refractivity (Wildman–Crippen MR) is 52.7 cm³/mol. The Morgan fingerprint density at radius 2 is 2.46 bits per heavy atom. The minimum Gasteiger partial charge on any atom is -0.349 e. The summed E-state index contributed by atoms with van der Waals surface area (Å²) in [6.45, 7) is 0.507. The first-order valence-corrected chi connectivity index (χ1v) is 5.26. The van der Waals surface area contributed by atoms with E-state index in [1.807, 2.05) is 11.4 Å². The first-order chi connectivity index (χ1) is 6.29. The van der Waals surface area contributed by atoms with Crippen LogP contribution in [0.2, 0.25) is 0 Å². The van der Waals surface area contributed by atoms with Gasteiger partial charge in [0, 0.05) is 12.6 Å². The second-order valence-corrected chi connectivity index (χ2v) is 4.18. The normalized spacial score (nSPS) is 15.8. The SMILES string of the molecule is NCc1csc(C(=O)NC2CC2)c1. The lowest BCUT2D eigenvalue weighted by atomic mass is 10.3. The molecule has 1 aliphatic rings. The molecule has 1 saturated carbocycles. The van der Waals surface area contributed by atoms with Crippen LogP contribution in [0.3, 0.4) is 0 Å². The van der Waals surface area contributed by atoms with Gasteiger partial charge in [0.15, 0.2) is 0 Å². The average Bonchev–Trinajstić information content (AvgIpc) is 2.82. The lowest BCUT2D eigenvalue weighted by Crippen LogP contribution is -2.24. The molecule has 70 valence electrons. The topological polar surface area (TPSA) is 55.1 Å². The molecular weight excluding hydrogens is 184 g/mol. The number of carbonyl (C=O) groups is 1. The van der Waals surface area contributed by atoms with Crippen molar-refractivity contribution >= 4 is 17.2 Å². The van der Waals surface area contributed by atoms with E-state index in [9.17, 15) is 4.79 Å². The summed E-state index contributed by atoms with van der Waals surface area (Å²) in [7, 11) is 0. The van der Waals surface area contributed by atoms with Gasteiger partial charge in [-0.3, -0.25) is 4.79 Å². The Bertz CT molecular complexity index is 317. The van der Waals surface area contributed by atoms with Gasteiger partial charge in [-0.1, -0.05) is 0 Å². The van der Waals surface area contributed by atoms with Crippen LogP contribution in [0, 0.1) is 0 Å². The zero-order chi connectivity index (χ0) is 9.26. The number of thiophene rings is 1. The third-order valence-corrected chi connectivity index (χ3v) is 3.00. The Hall–Kier alpha value is -0.870. The lowest BCUT2D eigenvalue weighted by molar-refractivity contribution is 0.0955. The molecule has 1 aromatic rings. The Kier molecular flexibility index (Phi) is 2.33. The smallest absolute Gasteiger partial charge is 0.261 e. The molecule has 0 atom stereocenters. The monoisotopic (exact) mass is 196 g/mol. The maximum Gasteiger partial charge on any atom is 0.261 e. The molecule has 0 unspecified atom stereocenters. The van der Waals surface area contributed by atoms with Crippen LogP contribution in [0.15, 0.2) is 11.4 Å². The van der Waals surface area contributed by atoms with Crippen molar-refractivity contribution in [3.05, 3.63) is 21.9 Å². The van der Waals surface area contributed by atoms with E-state index < -0.39 is 0 Å². The van der Waals surface area contributed by atoms with Crippen LogP contribution in [0.4, 0.5) is 0 Å². The highest BCUT2D eigenvalue weighted by Crippen LogP contribution is 2.21. The van der Waals surface area contributed by atoms with Crippen LogP contribution in [0.5, 0.6) is 0 Å². The lowest BCUT2D eigenvalue weighted by Gasteiger charge is -1.98. The fourth-order valence-corrected chi connectivity index (χ4v) is 1.91. The number of hydrogen-bond acceptors (Lipinski definition) is 3. The number of nitrogens with two attached hydrogens (primary N) is 1. The van der Waals surface area contributed by atoms with Crippen molar-refractivity contribution in [1.29, 1.82) is 0 Å². The van der Waals surface area contributed by atoms with Crippen molar-refractivity contribution in [2.24, 2.45) is 5.73 Å². The standard InChI is InChI=1S/C9H12N2OS/c10-4-6-3-8(13-5-6)9(12)11-7-1-2-7/h3,5,7H,1-2,4,10H2,(H,11,12). The summed E-state index contributed by atoms with van der Waals surface area (Å²) in [6, 6.07) is 2.29. The third kappa shape index (κ3) is 2.08. The molecule has 1 fully saturated rings. The summed E-state index contributed by atoms with van der Waals surface area (Å²) in [6.07, 6.45) is 2.25. The molecule has 0 bridgehead atoms. The quantitative estimate of drug-likeness (QED) is 0.760. The maximum absolute atomic E-state index is 11.5. The Morgan fingerprint density at radius 1 is 1.69 bits per heavy atom. The zero-order valence-electron chi connectivity index (χ0n) is 7.25. The van der Waals surface area contributed by atoms with Gasteiger partial charge in [0.1, 0.15) is 0 Å². The second kappa shape index (κ2) is 3.47. The molecule has 0 aromatic carbocycles. The van der Waals surface area contributed by atoms with E-state index in [1.165, 1.54) is 11.3 Å². The minimum atomic E-state index is 0.0483. The van der Waals surface area contributed by atoms with Crippen molar-refractivity contribution in [2.45, 2.75) is 25.4 Å². The first kappa shape index (κ1) is 8.72. The van der Waals surface area contributed by atoms with E-state index >= 15 is 0 Å². The summed E-state index contributed by atoms with van der Waals surface area (Å²) in [5, 5.41) is 4.87. The van der Waals surface area contributed by atoms with Crippen molar-refractivity contribution in [2.75, 3.05) is 0 Å². The van der Waals surface area contributed by atoms with Crippen LogP contribution in [-0.2, 0) is 6.54 Å². The third-order valence-electron chi connectivity index (χ3n) is 2.03. The molecule has 1 aliphatic carbocycles. The van der Waals surface area contributed by atoms with Crippen molar-refractivity contribution < 1.29 is 4.79 Å². The summed E-state index contributed by atoms with van der Waals surface area (Å²) in [5.74, 6) is 0.0483. The van der Waals surface area contributed by atoms with Gasteiger partial charge in [-0.2, -0.15) is 0 Å². The van der Waals surface area contributed by atoms with Crippen molar-refractivity contribution in [3.63, 3.8) is 0 Å². The Morgan fingerprint density at radius 3 is 3.00 bits per heavy atom. The molecule has 2 rings (SSSR count). The molecule has 0 saturated heterocycles. The summed E-state index contributed by atoms with van der Waals surface area (Å²) < 4.78 is 0. The largest absolute Gasteiger partial charge is 0.349 e. The van der Waals surface area contributed by atoms with Crippen LogP contribution < -0.4 is 11.1 Å². The molecule has 1 heterocycles. The molecule has 3 nitrogen and oxygen atoms in total. The van der Waals surface area contributed by atoms with E-state index in [-0.39, 0.29) is 5.91 Å². The number of carbonyl (C=O) groups excluding carboxylic acids is 1. The van der Waals surface area contributed by atoms with Gasteiger partial charge in [0.05, 0.1) is 4.88 Å². The molecule has 1 aromatic heterocycles. The number of nitrogens with one attached hydrogen (secondary N) is 1. The van der Waals surface area contributed by atoms with Gasteiger partial charge in [0.2, 0.25) is 0 Å². The van der Waals surface area contributed by atoms with Crippen LogP contribution in [-0.4, -0.2) is 11.9 Å². The van der Waals surface area contributed by atoms with Gasteiger partial charge < -0.3 is 11.1 Å². The molecule has 0 radical (unpaired) electrons. The van der Waals surface area contributed by atoms with Crippen molar-refractivity contribution in [1.82, 2.24) is 5.32 Å². The number of rotatable bonds is 3. The van der Waals surface area contributed by atoms with E-state index in [2.05, 4.69) is 5.32 Å². The summed E-state index contributed by atoms with van der Waals surface area (Å²) in [4.78, 5) is 12.3. The number of amides is 1. The van der Waals surface area contributed by atoms with E-state index in [0.717, 1.165) is 23.3 Å². The fraction of sp³-hybridized carbons (Fsp3) is 0.444. The second-order valence-electron chi connectivity index (χ2n) is 3.27. The van der Waals surface area contributed by atoms with Crippen LogP contribution in [0.25, 0.3) is 0 Å². The molecule has 0 spiro atoms. The fourth-order valence-electron chi connectivity index (χ4n) is 1.09. The van der Waals surface area contributed by atoms with Crippen molar-refractivity contribution in [3.8, 4) is 0 Å². The highest BCUT2D eigenvalue weighted by molar-refractivity contribution is 7.12. The van der Waals surface area contributed by atoms with E-state index in [4.69, 9.17) is 5.73 Å². The minimum absolute atomic E-state index is 0.0483. The number of hydrogen-bond donors (Lipinski definition) is 2. The Balaban J connectivity index is 2.01.